The molecule has 2 N–H and O–H groups in total. The van der Waals surface area contributed by atoms with Crippen LogP contribution in [0.1, 0.15) is 31.4 Å². The van der Waals surface area contributed by atoms with Crippen LogP contribution in [0.2, 0.25) is 0 Å². The molecule has 0 aliphatic rings. The third kappa shape index (κ3) is 4.85. The van der Waals surface area contributed by atoms with Crippen molar-refractivity contribution in [1.82, 2.24) is 5.32 Å². The minimum atomic E-state index is 0.142. The zero-order chi connectivity index (χ0) is 15.1. The topological polar surface area (TPSA) is 36.8 Å². The lowest BCUT2D eigenvalue weighted by Gasteiger charge is -2.23. The molecule has 0 aliphatic carbocycles. The average molecular weight is 278 g/mol. The van der Waals surface area contributed by atoms with Crippen LogP contribution >= 0.6 is 0 Å². The molecule has 0 bridgehead atoms. The first-order valence-electron chi connectivity index (χ1n) is 7.29. The van der Waals surface area contributed by atoms with Gasteiger partial charge in [0.05, 0.1) is 20.6 Å². The van der Waals surface area contributed by atoms with Crippen molar-refractivity contribution in [3.63, 3.8) is 0 Å². The highest BCUT2D eigenvalue weighted by Gasteiger charge is 2.18. The summed E-state index contributed by atoms with van der Waals surface area (Å²) in [7, 11) is 8.32. The fraction of sp³-hybridized carbons (Fsp3) is 0.562. The van der Waals surface area contributed by atoms with Gasteiger partial charge in [-0.15, -0.1) is 0 Å². The first-order chi connectivity index (χ1) is 9.45. The number of carbonyl (C=O) groups is 1. The standard InChI is InChI=1S/C16H27N3O/c1-6-7-16(20)17-12-15(19(4)5)13-8-10-14(11-9-13)18(2)3/h8-11,15H,6-7,12H2,1-5H3,(H,17,20)/p+1/t15-/m0/s1. The maximum absolute atomic E-state index is 11.6. The second-order valence-corrected chi connectivity index (χ2v) is 5.67. The lowest BCUT2D eigenvalue weighted by molar-refractivity contribution is -0.890. The van der Waals surface area contributed by atoms with Crippen molar-refractivity contribution in [2.45, 2.75) is 25.8 Å². The van der Waals surface area contributed by atoms with Crippen molar-refractivity contribution >= 4 is 11.6 Å². The molecule has 0 fully saturated rings. The SMILES string of the molecule is CCCC(=O)NC[C@@H](c1ccc(N(C)C)cc1)[NH+](C)C. The molecule has 1 atom stereocenters. The molecule has 1 aromatic carbocycles. The minimum absolute atomic E-state index is 0.142. The lowest BCUT2D eigenvalue weighted by atomic mass is 10.1. The highest BCUT2D eigenvalue weighted by Crippen LogP contribution is 2.16. The van der Waals surface area contributed by atoms with E-state index in [2.05, 4.69) is 48.6 Å². The number of hydrogen-bond donors (Lipinski definition) is 2. The van der Waals surface area contributed by atoms with Crippen molar-refractivity contribution < 1.29 is 9.69 Å². The molecule has 1 rings (SSSR count). The third-order valence-corrected chi connectivity index (χ3v) is 3.49. The van der Waals surface area contributed by atoms with Crippen LogP contribution < -0.4 is 15.1 Å². The van der Waals surface area contributed by atoms with Gasteiger partial charge in [0, 0.05) is 31.8 Å². The maximum atomic E-state index is 11.6. The maximum Gasteiger partial charge on any atom is 0.220 e. The van der Waals surface area contributed by atoms with Crippen LogP contribution in [0.15, 0.2) is 24.3 Å². The van der Waals surface area contributed by atoms with Gasteiger partial charge in [0.25, 0.3) is 0 Å². The smallest absolute Gasteiger partial charge is 0.220 e. The number of carbonyl (C=O) groups excluding carboxylic acids is 1. The minimum Gasteiger partial charge on any atom is -0.378 e. The number of rotatable bonds is 7. The quantitative estimate of drug-likeness (QED) is 0.776. The number of hydrogen-bond acceptors (Lipinski definition) is 2. The summed E-state index contributed by atoms with van der Waals surface area (Å²) in [5.74, 6) is 0.142. The van der Waals surface area contributed by atoms with Gasteiger partial charge < -0.3 is 15.1 Å². The molecular weight excluding hydrogens is 250 g/mol. The van der Waals surface area contributed by atoms with Crippen LogP contribution in [-0.4, -0.2) is 40.6 Å². The normalized spacial score (nSPS) is 12.3. The van der Waals surface area contributed by atoms with Gasteiger partial charge in [-0.25, -0.2) is 0 Å². The highest BCUT2D eigenvalue weighted by atomic mass is 16.1. The van der Waals surface area contributed by atoms with Gasteiger partial charge in [-0.2, -0.15) is 0 Å². The van der Waals surface area contributed by atoms with E-state index < -0.39 is 0 Å². The number of likely N-dealkylation sites (N-methyl/N-ethyl adjacent to an activating group) is 1. The molecule has 0 unspecified atom stereocenters. The molecule has 0 saturated heterocycles. The first kappa shape index (κ1) is 16.5. The molecule has 1 aromatic rings. The van der Waals surface area contributed by atoms with Crippen molar-refractivity contribution in [2.24, 2.45) is 0 Å². The largest absolute Gasteiger partial charge is 0.378 e. The van der Waals surface area contributed by atoms with Gasteiger partial charge >= 0.3 is 0 Å². The molecule has 4 nitrogen and oxygen atoms in total. The van der Waals surface area contributed by atoms with Gasteiger partial charge in [0.15, 0.2) is 0 Å². The van der Waals surface area contributed by atoms with Crippen LogP contribution in [0.4, 0.5) is 5.69 Å². The van der Waals surface area contributed by atoms with Gasteiger partial charge in [-0.05, 0) is 18.6 Å². The highest BCUT2D eigenvalue weighted by molar-refractivity contribution is 5.75. The van der Waals surface area contributed by atoms with Gasteiger partial charge in [-0.3, -0.25) is 4.79 Å². The zero-order valence-electron chi connectivity index (χ0n) is 13.4. The molecule has 1 amide bonds. The van der Waals surface area contributed by atoms with Gasteiger partial charge in [-0.1, -0.05) is 19.1 Å². The van der Waals surface area contributed by atoms with Crippen LogP contribution in [0, 0.1) is 0 Å². The van der Waals surface area contributed by atoms with Crippen LogP contribution in [0.3, 0.4) is 0 Å². The number of nitrogens with zero attached hydrogens (tertiary/aromatic N) is 1. The summed E-state index contributed by atoms with van der Waals surface area (Å²) < 4.78 is 0. The van der Waals surface area contributed by atoms with Gasteiger partial charge in [0.2, 0.25) is 5.91 Å². The Morgan fingerprint density at radius 1 is 1.25 bits per heavy atom. The summed E-state index contributed by atoms with van der Waals surface area (Å²) in [5, 5.41) is 3.03. The number of amides is 1. The van der Waals surface area contributed by atoms with E-state index in [9.17, 15) is 4.79 Å². The summed E-state index contributed by atoms with van der Waals surface area (Å²) in [6, 6.07) is 8.84. The van der Waals surface area contributed by atoms with E-state index in [4.69, 9.17) is 0 Å². The predicted octanol–water partition coefficient (Wildman–Crippen LogP) is 0.855. The Balaban J connectivity index is 2.73. The van der Waals surface area contributed by atoms with E-state index in [0.29, 0.717) is 13.0 Å². The van der Waals surface area contributed by atoms with E-state index in [0.717, 1.165) is 6.42 Å². The van der Waals surface area contributed by atoms with Crippen molar-refractivity contribution in [2.75, 3.05) is 39.6 Å². The Labute approximate surface area is 122 Å². The van der Waals surface area contributed by atoms with Crippen molar-refractivity contribution in [3.8, 4) is 0 Å². The van der Waals surface area contributed by atoms with E-state index in [1.165, 1.54) is 16.2 Å². The molecule has 0 heterocycles. The molecule has 0 aliphatic heterocycles. The predicted molar refractivity (Wildman–Crippen MR) is 84.2 cm³/mol. The molecule has 0 saturated carbocycles. The summed E-state index contributed by atoms with van der Waals surface area (Å²) >= 11 is 0. The van der Waals surface area contributed by atoms with E-state index in [1.807, 2.05) is 21.0 Å². The molecular formula is C16H28N3O+. The molecule has 112 valence electrons. The van der Waals surface area contributed by atoms with Crippen LogP contribution in [0.5, 0.6) is 0 Å². The van der Waals surface area contributed by atoms with E-state index in [-0.39, 0.29) is 11.9 Å². The fourth-order valence-electron chi connectivity index (χ4n) is 2.19. The van der Waals surface area contributed by atoms with E-state index >= 15 is 0 Å². The second kappa shape index (κ2) is 7.90. The second-order valence-electron chi connectivity index (χ2n) is 5.67. The van der Waals surface area contributed by atoms with Crippen LogP contribution in [-0.2, 0) is 4.79 Å². The van der Waals surface area contributed by atoms with Crippen LogP contribution in [0.25, 0.3) is 0 Å². The summed E-state index contributed by atoms with van der Waals surface area (Å²) in [6.45, 7) is 2.71. The monoisotopic (exact) mass is 278 g/mol. The Hall–Kier alpha value is -1.55. The zero-order valence-corrected chi connectivity index (χ0v) is 13.4. The summed E-state index contributed by atoms with van der Waals surface area (Å²) in [5.41, 5.74) is 2.45. The Bertz CT molecular complexity index is 412. The molecule has 0 spiro atoms. The van der Waals surface area contributed by atoms with E-state index in [1.54, 1.807) is 0 Å². The first-order valence-corrected chi connectivity index (χ1v) is 7.29. The molecule has 0 aromatic heterocycles. The average Bonchev–Trinajstić information content (AvgIpc) is 2.39. The summed E-state index contributed by atoms with van der Waals surface area (Å²) in [6.07, 6.45) is 1.50. The van der Waals surface area contributed by atoms with Crippen molar-refractivity contribution in [3.05, 3.63) is 29.8 Å². The Morgan fingerprint density at radius 2 is 1.85 bits per heavy atom. The fourth-order valence-corrected chi connectivity index (χ4v) is 2.19. The van der Waals surface area contributed by atoms with Gasteiger partial charge in [0.1, 0.15) is 6.04 Å². The molecule has 4 heteroatoms. The number of quaternary nitrogens is 1. The molecule has 20 heavy (non-hydrogen) atoms. The number of nitrogens with one attached hydrogen (secondary N) is 2. The number of benzene rings is 1. The summed E-state index contributed by atoms with van der Waals surface area (Å²) in [4.78, 5) is 15.0. The number of anilines is 1. The Kier molecular flexibility index (Phi) is 6.52. The van der Waals surface area contributed by atoms with Crippen molar-refractivity contribution in [1.29, 1.82) is 0 Å². The Morgan fingerprint density at radius 3 is 2.30 bits per heavy atom. The third-order valence-electron chi connectivity index (χ3n) is 3.49. The molecule has 0 radical (unpaired) electrons. The lowest BCUT2D eigenvalue weighted by Crippen LogP contribution is -3.07.